The third-order valence-corrected chi connectivity index (χ3v) is 5.49. The van der Waals surface area contributed by atoms with Crippen LogP contribution in [0.25, 0.3) is 0 Å². The summed E-state index contributed by atoms with van der Waals surface area (Å²) in [4.78, 5) is 5.23. The van der Waals surface area contributed by atoms with E-state index in [1.807, 2.05) is 0 Å². The minimum absolute atomic E-state index is 0.371. The standard InChI is InChI=1S/C20H32N2O2/c1-20(2,3)11-15-12-22-8-7-14-9-18(23-5)19(24-6)10-16(14)17(22)13-21(15)4/h9-10,15,17H,7-8,11-13H2,1-6H3. The number of hydrogen-bond donors (Lipinski definition) is 0. The molecule has 0 aromatic heterocycles. The van der Waals surface area contributed by atoms with Gasteiger partial charge in [-0.2, -0.15) is 0 Å². The lowest BCUT2D eigenvalue weighted by Crippen LogP contribution is -2.55. The largest absolute Gasteiger partial charge is 0.493 e. The van der Waals surface area contributed by atoms with E-state index in [9.17, 15) is 0 Å². The average molecular weight is 332 g/mol. The van der Waals surface area contributed by atoms with Gasteiger partial charge in [0.2, 0.25) is 0 Å². The molecule has 4 heteroatoms. The first-order valence-corrected chi connectivity index (χ1v) is 9.01. The fraction of sp³-hybridized carbons (Fsp3) is 0.700. The Hall–Kier alpha value is -1.26. The van der Waals surface area contributed by atoms with E-state index in [2.05, 4.69) is 49.8 Å². The zero-order valence-electron chi connectivity index (χ0n) is 16.1. The number of ether oxygens (including phenoxy) is 2. The molecule has 2 atom stereocenters. The molecule has 0 aliphatic carbocycles. The second kappa shape index (κ2) is 6.57. The molecule has 2 unspecified atom stereocenters. The Bertz CT molecular complexity index is 594. The van der Waals surface area contributed by atoms with Crippen LogP contribution >= 0.6 is 0 Å². The normalized spacial score (nSPS) is 25.1. The Labute approximate surface area is 146 Å². The second-order valence-corrected chi connectivity index (χ2v) is 8.52. The molecular weight excluding hydrogens is 300 g/mol. The van der Waals surface area contributed by atoms with Gasteiger partial charge in [0.05, 0.1) is 14.2 Å². The first kappa shape index (κ1) is 17.6. The van der Waals surface area contributed by atoms with E-state index in [0.29, 0.717) is 17.5 Å². The van der Waals surface area contributed by atoms with E-state index in [0.717, 1.165) is 37.6 Å². The van der Waals surface area contributed by atoms with Crippen molar-refractivity contribution in [3.05, 3.63) is 23.3 Å². The average Bonchev–Trinajstić information content (AvgIpc) is 2.53. The molecule has 24 heavy (non-hydrogen) atoms. The highest BCUT2D eigenvalue weighted by Gasteiger charge is 2.37. The maximum absolute atomic E-state index is 5.54. The highest BCUT2D eigenvalue weighted by molar-refractivity contribution is 5.49. The predicted molar refractivity (Wildman–Crippen MR) is 98.1 cm³/mol. The van der Waals surface area contributed by atoms with Gasteiger partial charge in [-0.15, -0.1) is 0 Å². The lowest BCUT2D eigenvalue weighted by Gasteiger charge is -2.49. The molecule has 2 aliphatic rings. The summed E-state index contributed by atoms with van der Waals surface area (Å²) in [5, 5.41) is 0. The van der Waals surface area contributed by atoms with Crippen molar-refractivity contribution in [3.63, 3.8) is 0 Å². The first-order valence-electron chi connectivity index (χ1n) is 9.01. The lowest BCUT2D eigenvalue weighted by atomic mass is 9.84. The molecule has 0 amide bonds. The summed E-state index contributed by atoms with van der Waals surface area (Å²) in [5.74, 6) is 1.69. The van der Waals surface area contributed by atoms with Crippen molar-refractivity contribution in [1.82, 2.24) is 9.80 Å². The fourth-order valence-electron chi connectivity index (χ4n) is 4.27. The zero-order chi connectivity index (χ0) is 17.5. The van der Waals surface area contributed by atoms with Crippen LogP contribution in [-0.4, -0.2) is 56.7 Å². The van der Waals surface area contributed by atoms with Crippen LogP contribution in [0.3, 0.4) is 0 Å². The third-order valence-electron chi connectivity index (χ3n) is 5.49. The Morgan fingerprint density at radius 3 is 2.38 bits per heavy atom. The number of likely N-dealkylation sites (N-methyl/N-ethyl adjacent to an activating group) is 1. The predicted octanol–water partition coefficient (Wildman–Crippen LogP) is 3.35. The number of rotatable bonds is 3. The summed E-state index contributed by atoms with van der Waals surface area (Å²) in [6, 6.07) is 5.48. The summed E-state index contributed by atoms with van der Waals surface area (Å²) in [7, 11) is 5.71. The number of piperazine rings is 1. The van der Waals surface area contributed by atoms with Crippen LogP contribution < -0.4 is 9.47 Å². The number of benzene rings is 1. The molecule has 0 bridgehead atoms. The Morgan fingerprint density at radius 2 is 1.75 bits per heavy atom. The van der Waals surface area contributed by atoms with E-state index in [1.54, 1.807) is 14.2 Å². The van der Waals surface area contributed by atoms with Gasteiger partial charge in [-0.3, -0.25) is 4.90 Å². The Kier molecular flexibility index (Phi) is 4.80. The van der Waals surface area contributed by atoms with Gasteiger partial charge < -0.3 is 14.4 Å². The van der Waals surface area contributed by atoms with Gasteiger partial charge >= 0.3 is 0 Å². The maximum atomic E-state index is 5.54. The van der Waals surface area contributed by atoms with Crippen LogP contribution in [0, 0.1) is 5.41 Å². The van der Waals surface area contributed by atoms with E-state index in [4.69, 9.17) is 9.47 Å². The highest BCUT2D eigenvalue weighted by atomic mass is 16.5. The first-order chi connectivity index (χ1) is 11.3. The summed E-state index contributed by atoms with van der Waals surface area (Å²) in [6.07, 6.45) is 2.34. The molecule has 0 radical (unpaired) electrons. The molecule has 0 spiro atoms. The van der Waals surface area contributed by atoms with E-state index >= 15 is 0 Å². The summed E-state index contributed by atoms with van der Waals surface area (Å²) < 4.78 is 11.0. The van der Waals surface area contributed by atoms with E-state index < -0.39 is 0 Å². The topological polar surface area (TPSA) is 24.9 Å². The summed E-state index contributed by atoms with van der Waals surface area (Å²) in [5.41, 5.74) is 3.20. The number of hydrogen-bond acceptors (Lipinski definition) is 4. The van der Waals surface area contributed by atoms with Gasteiger partial charge in [0.15, 0.2) is 11.5 Å². The van der Waals surface area contributed by atoms with Crippen LogP contribution in [0.5, 0.6) is 11.5 Å². The fourth-order valence-corrected chi connectivity index (χ4v) is 4.27. The monoisotopic (exact) mass is 332 g/mol. The zero-order valence-corrected chi connectivity index (χ0v) is 16.1. The summed E-state index contributed by atoms with van der Waals surface area (Å²) >= 11 is 0. The van der Waals surface area contributed by atoms with Crippen LogP contribution in [0.2, 0.25) is 0 Å². The lowest BCUT2D eigenvalue weighted by molar-refractivity contribution is 0.0213. The van der Waals surface area contributed by atoms with Crippen LogP contribution in [0.4, 0.5) is 0 Å². The number of fused-ring (bicyclic) bond motifs is 3. The third kappa shape index (κ3) is 3.40. The van der Waals surface area contributed by atoms with Gasteiger partial charge in [-0.25, -0.2) is 0 Å². The summed E-state index contributed by atoms with van der Waals surface area (Å²) in [6.45, 7) is 10.4. The molecule has 4 nitrogen and oxygen atoms in total. The minimum atomic E-state index is 0.371. The molecule has 1 aromatic carbocycles. The van der Waals surface area contributed by atoms with Crippen LogP contribution in [-0.2, 0) is 6.42 Å². The van der Waals surface area contributed by atoms with Crippen molar-refractivity contribution < 1.29 is 9.47 Å². The SMILES string of the molecule is COc1cc2c(cc1OC)C1CN(C)C(CC(C)(C)C)CN1CC2. The highest BCUT2D eigenvalue weighted by Crippen LogP contribution is 2.40. The minimum Gasteiger partial charge on any atom is -0.493 e. The van der Waals surface area contributed by atoms with Gasteiger partial charge in [-0.1, -0.05) is 20.8 Å². The van der Waals surface area contributed by atoms with E-state index in [-0.39, 0.29) is 0 Å². The molecule has 1 fully saturated rings. The van der Waals surface area contributed by atoms with Crippen molar-refractivity contribution >= 4 is 0 Å². The van der Waals surface area contributed by atoms with E-state index in [1.165, 1.54) is 17.5 Å². The molecule has 2 aliphatic heterocycles. The van der Waals surface area contributed by atoms with Crippen LogP contribution in [0.15, 0.2) is 12.1 Å². The van der Waals surface area contributed by atoms with Crippen molar-refractivity contribution in [3.8, 4) is 11.5 Å². The Morgan fingerprint density at radius 1 is 1.08 bits per heavy atom. The van der Waals surface area contributed by atoms with Crippen molar-refractivity contribution in [2.24, 2.45) is 5.41 Å². The molecule has 1 aromatic rings. The molecule has 0 saturated carbocycles. The number of nitrogens with zero attached hydrogens (tertiary/aromatic N) is 2. The number of methoxy groups -OCH3 is 2. The molecule has 2 heterocycles. The van der Waals surface area contributed by atoms with Crippen molar-refractivity contribution in [2.45, 2.75) is 45.7 Å². The molecule has 1 saturated heterocycles. The Balaban J connectivity index is 1.86. The molecule has 3 rings (SSSR count). The second-order valence-electron chi connectivity index (χ2n) is 8.52. The quantitative estimate of drug-likeness (QED) is 0.847. The molecule has 0 N–H and O–H groups in total. The molecule has 134 valence electrons. The van der Waals surface area contributed by atoms with Gasteiger partial charge in [0, 0.05) is 31.7 Å². The van der Waals surface area contributed by atoms with Gasteiger partial charge in [0.1, 0.15) is 0 Å². The van der Waals surface area contributed by atoms with Gasteiger partial charge in [0.25, 0.3) is 0 Å². The van der Waals surface area contributed by atoms with Gasteiger partial charge in [-0.05, 0) is 48.6 Å². The van der Waals surface area contributed by atoms with Crippen molar-refractivity contribution in [2.75, 3.05) is 40.9 Å². The smallest absolute Gasteiger partial charge is 0.161 e. The maximum Gasteiger partial charge on any atom is 0.161 e. The van der Waals surface area contributed by atoms with Crippen molar-refractivity contribution in [1.29, 1.82) is 0 Å². The molecular formula is C20H32N2O2. The van der Waals surface area contributed by atoms with Crippen LogP contribution in [0.1, 0.15) is 44.4 Å².